The number of furan rings is 1. The Labute approximate surface area is 234 Å². The van der Waals surface area contributed by atoms with Crippen molar-refractivity contribution in [3.05, 3.63) is 29.1 Å². The van der Waals surface area contributed by atoms with E-state index in [2.05, 4.69) is 50.2 Å². The molecule has 13 nitrogen and oxygen atoms in total. The lowest BCUT2D eigenvalue weighted by Crippen LogP contribution is -2.65. The summed E-state index contributed by atoms with van der Waals surface area (Å²) in [7, 11) is -0.592. The van der Waals surface area contributed by atoms with Crippen molar-refractivity contribution < 1.29 is 33.6 Å². The number of carbonyl (C=O) groups excluding carboxylic acids is 2. The van der Waals surface area contributed by atoms with Gasteiger partial charge in [-0.05, 0) is 73.7 Å². The van der Waals surface area contributed by atoms with Crippen LogP contribution in [0.2, 0.25) is 0 Å². The fourth-order valence-electron chi connectivity index (χ4n) is 6.63. The van der Waals surface area contributed by atoms with Crippen molar-refractivity contribution >= 4 is 24.9 Å². The zero-order chi connectivity index (χ0) is 29.2. The van der Waals surface area contributed by atoms with Crippen molar-refractivity contribution in [3.8, 4) is 0 Å². The van der Waals surface area contributed by atoms with E-state index >= 15 is 0 Å². The monoisotopic (exact) mass is 561 g/mol. The normalized spacial score (nSPS) is 28.3. The number of rotatable bonds is 12. The molecule has 6 N–H and O–H groups in total. The molecule has 0 unspecified atom stereocenters. The van der Waals surface area contributed by atoms with Crippen LogP contribution in [0.15, 0.2) is 28.0 Å². The molecule has 5 rings (SSSR count). The minimum absolute atomic E-state index is 0.0154. The topological polar surface area (TPSA) is 181 Å². The number of aliphatic imine (C=N–C) groups is 1. The lowest BCUT2D eigenvalue weighted by molar-refractivity contribution is -0.822. The Kier molecular flexibility index (Phi) is 8.79. The minimum atomic E-state index is -0.888. The van der Waals surface area contributed by atoms with E-state index in [-0.39, 0.29) is 42.3 Å². The average Bonchev–Trinajstić information content (AvgIpc) is 3.52. The van der Waals surface area contributed by atoms with E-state index in [1.165, 1.54) is 18.6 Å². The molecule has 1 saturated heterocycles. The summed E-state index contributed by atoms with van der Waals surface area (Å²) < 4.78 is 18.1. The molecule has 3 aliphatic carbocycles. The van der Waals surface area contributed by atoms with Gasteiger partial charge in [-0.2, -0.15) is 0 Å². The van der Waals surface area contributed by atoms with Gasteiger partial charge in [0.1, 0.15) is 17.2 Å². The Morgan fingerprint density at radius 1 is 1.27 bits per heavy atom. The third-order valence-electron chi connectivity index (χ3n) is 8.90. The number of nitrogens with two attached hydrogens (primary N) is 1. The number of guanidine groups is 1. The van der Waals surface area contributed by atoms with Crippen LogP contribution in [0, 0.1) is 28.1 Å². The van der Waals surface area contributed by atoms with Crippen molar-refractivity contribution in [1.29, 1.82) is 0 Å². The number of nitrogens with one attached hydrogen (secondary N) is 3. The second kappa shape index (κ2) is 11.8. The highest BCUT2D eigenvalue weighted by Gasteiger charge is 2.68. The van der Waals surface area contributed by atoms with E-state index in [0.717, 1.165) is 12.8 Å². The summed E-state index contributed by atoms with van der Waals surface area (Å²) in [6.45, 7) is 11.1. The maximum atomic E-state index is 13.6. The molecule has 2 bridgehead atoms. The van der Waals surface area contributed by atoms with Gasteiger partial charge in [0.25, 0.3) is 11.9 Å². The summed E-state index contributed by atoms with van der Waals surface area (Å²) in [5, 5.41) is 14.0. The number of carbonyl (C=O) groups is 2. The standard InChI is InChI=1S/C26H41BN6O7/c1-15(2)11-21(27-39-20-13-17-12-19(25(17,3)4)26(20,5)40-27)31-23(35)18(30-22(34)16-8-10-38-14-16)7-6-9-29-24(28)32-33(36)37/h8,10,14-15,17-21H,6-7,9,11-13H2,1-5H3,(H5-,28,29,30,31,32,34,35,36,37)/p+1/t17-,18-,19-,20+,21-,26-/m0/s1. The third kappa shape index (κ3) is 6.27. The van der Waals surface area contributed by atoms with Crippen LogP contribution >= 0.6 is 0 Å². The van der Waals surface area contributed by atoms with Gasteiger partial charge in [0, 0.05) is 6.54 Å². The molecule has 0 radical (unpaired) electrons. The summed E-state index contributed by atoms with van der Waals surface area (Å²) in [5.41, 5.74) is 7.50. The van der Waals surface area contributed by atoms with Gasteiger partial charge in [-0.1, -0.05) is 27.7 Å². The predicted molar refractivity (Wildman–Crippen MR) is 146 cm³/mol. The smallest absolute Gasteiger partial charge is 0.472 e. The Hall–Kier alpha value is -3.13. The van der Waals surface area contributed by atoms with Gasteiger partial charge < -0.3 is 30.1 Å². The molecule has 4 aliphatic rings. The predicted octanol–water partition coefficient (Wildman–Crippen LogP) is 1.94. The maximum absolute atomic E-state index is 13.6. The van der Waals surface area contributed by atoms with Crippen LogP contribution in [0.4, 0.5) is 0 Å². The molecular weight excluding hydrogens is 519 g/mol. The largest absolute Gasteiger partial charge is 0.481 e. The molecule has 0 aromatic carbocycles. The molecule has 40 heavy (non-hydrogen) atoms. The second-order valence-corrected chi connectivity index (χ2v) is 12.4. The summed E-state index contributed by atoms with van der Waals surface area (Å²) in [4.78, 5) is 41.0. The maximum Gasteiger partial charge on any atom is 0.481 e. The van der Waals surface area contributed by atoms with Gasteiger partial charge in [0.15, 0.2) is 0 Å². The van der Waals surface area contributed by atoms with E-state index in [1.807, 2.05) is 5.43 Å². The van der Waals surface area contributed by atoms with Crippen LogP contribution in [0.25, 0.3) is 0 Å². The third-order valence-corrected chi connectivity index (χ3v) is 8.90. The quantitative estimate of drug-likeness (QED) is 0.0838. The number of hydrogen-bond donors (Lipinski definition) is 5. The highest BCUT2D eigenvalue weighted by molar-refractivity contribution is 6.48. The zero-order valence-corrected chi connectivity index (χ0v) is 23.9. The van der Waals surface area contributed by atoms with Crippen molar-refractivity contribution in [2.24, 2.45) is 33.9 Å². The van der Waals surface area contributed by atoms with Crippen LogP contribution in [0.5, 0.6) is 0 Å². The number of hydrogen-bond acceptors (Lipinski definition) is 7. The number of nitrogens with zero attached hydrogens (tertiary/aromatic N) is 2. The lowest BCUT2D eigenvalue weighted by Gasteiger charge is -2.64. The zero-order valence-electron chi connectivity index (χ0n) is 23.9. The van der Waals surface area contributed by atoms with E-state index in [0.29, 0.717) is 30.2 Å². The van der Waals surface area contributed by atoms with Crippen LogP contribution in [0.1, 0.15) is 77.1 Å². The Bertz CT molecular complexity index is 1110. The SMILES string of the molecule is CC(C)C[C@H](NC(=O)[C@H](CCCN=C(N)N[N+](=O)O)NC(=O)c1ccoc1)B1O[C@@H]2C[C@@H]3C[C@@H](C3(C)C)[C@]2(C)O1. The molecule has 14 heteroatoms. The molecule has 0 spiro atoms. The van der Waals surface area contributed by atoms with E-state index in [1.54, 1.807) is 0 Å². The number of hydrazine groups is 1. The first-order valence-corrected chi connectivity index (χ1v) is 14.0. The second-order valence-electron chi connectivity index (χ2n) is 12.4. The lowest BCUT2D eigenvalue weighted by atomic mass is 9.43. The van der Waals surface area contributed by atoms with Crippen molar-refractivity contribution in [2.75, 3.05) is 6.54 Å². The minimum Gasteiger partial charge on any atom is -0.472 e. The van der Waals surface area contributed by atoms with Crippen LogP contribution in [0.3, 0.4) is 0 Å². The van der Waals surface area contributed by atoms with Crippen molar-refractivity contribution in [3.63, 3.8) is 0 Å². The highest BCUT2D eigenvalue weighted by Crippen LogP contribution is 2.65. The fraction of sp³-hybridized carbons (Fsp3) is 0.731. The van der Waals surface area contributed by atoms with Crippen LogP contribution in [-0.4, -0.2) is 65.4 Å². The average molecular weight is 561 g/mol. The van der Waals surface area contributed by atoms with Gasteiger partial charge in [-0.25, -0.2) is 10.2 Å². The molecule has 1 aromatic rings. The first-order valence-electron chi connectivity index (χ1n) is 14.0. The first kappa shape index (κ1) is 29.8. The summed E-state index contributed by atoms with van der Waals surface area (Å²) in [5.74, 6) is -0.231. The van der Waals surface area contributed by atoms with Crippen LogP contribution < -0.4 is 21.8 Å². The van der Waals surface area contributed by atoms with Gasteiger partial charge in [-0.3, -0.25) is 9.59 Å². The van der Waals surface area contributed by atoms with E-state index < -0.39 is 35.6 Å². The van der Waals surface area contributed by atoms with Gasteiger partial charge in [0.2, 0.25) is 5.91 Å². The molecule has 1 aromatic heterocycles. The van der Waals surface area contributed by atoms with Gasteiger partial charge in [-0.15, -0.1) is 0 Å². The van der Waals surface area contributed by atoms with Crippen molar-refractivity contribution in [2.45, 2.75) is 90.4 Å². The molecule has 3 saturated carbocycles. The summed E-state index contributed by atoms with van der Waals surface area (Å²) >= 11 is 0. The van der Waals surface area contributed by atoms with Gasteiger partial charge in [0.05, 0.1) is 29.5 Å². The molecule has 220 valence electrons. The van der Waals surface area contributed by atoms with Gasteiger partial charge >= 0.3 is 12.2 Å². The molecule has 2 amide bonds. The summed E-state index contributed by atoms with van der Waals surface area (Å²) in [6, 6.07) is 0.628. The van der Waals surface area contributed by atoms with E-state index in [4.69, 9.17) is 24.7 Å². The van der Waals surface area contributed by atoms with Crippen molar-refractivity contribution in [1.82, 2.24) is 16.1 Å². The summed E-state index contributed by atoms with van der Waals surface area (Å²) in [6.07, 6.45) is 5.99. The highest BCUT2D eigenvalue weighted by atomic mass is 16.7. The molecular formula is C26H42BN6O7+. The first-order chi connectivity index (χ1) is 18.8. The Morgan fingerprint density at radius 2 is 2.02 bits per heavy atom. The fourth-order valence-corrected chi connectivity index (χ4v) is 6.63. The Morgan fingerprint density at radius 3 is 2.65 bits per heavy atom. The Balaban J connectivity index is 1.45. The van der Waals surface area contributed by atoms with Crippen LogP contribution in [-0.2, 0) is 14.1 Å². The molecule has 4 fully saturated rings. The molecule has 1 aliphatic heterocycles. The molecule has 6 atom stereocenters. The molecule has 2 heterocycles. The van der Waals surface area contributed by atoms with E-state index in [9.17, 15) is 14.5 Å². The number of amides is 2.